The maximum absolute atomic E-state index is 14.9. The molecule has 1 aromatic heterocycles. The lowest BCUT2D eigenvalue weighted by molar-refractivity contribution is 0.417. The van der Waals surface area contributed by atoms with Crippen LogP contribution in [-0.4, -0.2) is 37.8 Å². The van der Waals surface area contributed by atoms with Gasteiger partial charge >= 0.3 is 0 Å². The number of hydrogen-bond donors (Lipinski definition) is 2. The number of nitrogens with zero attached hydrogens (tertiary/aromatic N) is 1. The molecule has 1 atom stereocenters. The van der Waals surface area contributed by atoms with Crippen LogP contribution < -0.4 is 15.0 Å². The molecule has 0 saturated carbocycles. The van der Waals surface area contributed by atoms with E-state index in [1.165, 1.54) is 6.07 Å². The zero-order valence-corrected chi connectivity index (χ0v) is 18.8. The van der Waals surface area contributed by atoms with Gasteiger partial charge in [0, 0.05) is 64.6 Å². The molecule has 2 heterocycles. The fourth-order valence-electron chi connectivity index (χ4n) is 4.61. The highest BCUT2D eigenvalue weighted by Gasteiger charge is 2.21. The number of hydrogen-bond acceptors (Lipinski definition) is 3. The molecule has 4 nitrogen and oxygen atoms in total. The maximum atomic E-state index is 14.9. The molecule has 164 valence electrons. The summed E-state index contributed by atoms with van der Waals surface area (Å²) in [5, 5.41) is 5.25. The number of halogens is 2. The summed E-state index contributed by atoms with van der Waals surface area (Å²) in [5.74, 6) is 0.305. The fraction of sp³-hybridized carbons (Fsp3) is 0.231. The summed E-state index contributed by atoms with van der Waals surface area (Å²) in [4.78, 5) is 5.73. The maximum Gasteiger partial charge on any atom is 0.134 e. The lowest BCUT2D eigenvalue weighted by atomic mass is 9.95. The Bertz CT molecular complexity index is 1290. The first-order valence-corrected chi connectivity index (χ1v) is 11.1. The predicted molar refractivity (Wildman–Crippen MR) is 130 cm³/mol. The van der Waals surface area contributed by atoms with Crippen LogP contribution >= 0.6 is 11.6 Å². The minimum atomic E-state index is -0.320. The molecule has 4 aromatic rings. The molecular formula is C26H25ClFN3O. The number of methoxy groups -OCH3 is 1. The quantitative estimate of drug-likeness (QED) is 0.395. The number of anilines is 1. The van der Waals surface area contributed by atoms with Gasteiger partial charge in [-0.1, -0.05) is 23.7 Å². The number of nitrogens with one attached hydrogen (secondary N) is 2. The molecule has 32 heavy (non-hydrogen) atoms. The van der Waals surface area contributed by atoms with Crippen LogP contribution in [0.25, 0.3) is 33.2 Å². The second kappa shape index (κ2) is 8.49. The van der Waals surface area contributed by atoms with E-state index in [1.807, 2.05) is 24.4 Å². The summed E-state index contributed by atoms with van der Waals surface area (Å²) < 4.78 is 20.7. The summed E-state index contributed by atoms with van der Waals surface area (Å²) in [6.45, 7) is 4.95. The molecule has 0 amide bonds. The van der Waals surface area contributed by atoms with Crippen molar-refractivity contribution in [2.45, 2.75) is 13.0 Å². The third-order valence-electron chi connectivity index (χ3n) is 6.06. The smallest absolute Gasteiger partial charge is 0.134 e. The van der Waals surface area contributed by atoms with E-state index in [4.69, 9.17) is 16.3 Å². The van der Waals surface area contributed by atoms with Crippen molar-refractivity contribution in [1.29, 1.82) is 0 Å². The van der Waals surface area contributed by atoms with Crippen molar-refractivity contribution in [3.8, 4) is 28.0 Å². The van der Waals surface area contributed by atoms with Crippen molar-refractivity contribution in [3.05, 3.63) is 71.6 Å². The van der Waals surface area contributed by atoms with Crippen LogP contribution in [0.2, 0.25) is 5.02 Å². The lowest BCUT2D eigenvalue weighted by Gasteiger charge is -2.34. The topological polar surface area (TPSA) is 40.3 Å². The number of fused-ring (bicyclic) bond motifs is 1. The molecule has 0 spiro atoms. The molecule has 1 aliphatic rings. The molecule has 0 bridgehead atoms. The minimum absolute atomic E-state index is 0.320. The highest BCUT2D eigenvalue weighted by molar-refractivity contribution is 6.30. The molecule has 0 radical (unpaired) electrons. The molecule has 0 aliphatic carbocycles. The Balaban J connectivity index is 1.70. The van der Waals surface area contributed by atoms with Crippen LogP contribution in [0.4, 0.5) is 10.1 Å². The van der Waals surface area contributed by atoms with Gasteiger partial charge in [-0.05, 0) is 60.5 Å². The molecule has 1 saturated heterocycles. The van der Waals surface area contributed by atoms with Gasteiger partial charge in [-0.3, -0.25) is 0 Å². The van der Waals surface area contributed by atoms with Gasteiger partial charge < -0.3 is 19.9 Å². The fourth-order valence-corrected chi connectivity index (χ4v) is 4.80. The largest absolute Gasteiger partial charge is 0.495 e. The van der Waals surface area contributed by atoms with Gasteiger partial charge in [0.1, 0.15) is 11.6 Å². The Kier molecular flexibility index (Phi) is 5.53. The van der Waals surface area contributed by atoms with E-state index in [2.05, 4.69) is 40.3 Å². The first kappa shape index (κ1) is 20.9. The highest BCUT2D eigenvalue weighted by Crippen LogP contribution is 2.43. The Hall–Kier alpha value is -3.02. The zero-order valence-electron chi connectivity index (χ0n) is 18.1. The van der Waals surface area contributed by atoms with Crippen molar-refractivity contribution < 1.29 is 9.13 Å². The summed E-state index contributed by atoms with van der Waals surface area (Å²) in [5.41, 5.74) is 5.26. The van der Waals surface area contributed by atoms with Crippen LogP contribution in [0.15, 0.2) is 60.8 Å². The van der Waals surface area contributed by atoms with E-state index in [-0.39, 0.29) is 5.82 Å². The number of ether oxygens (including phenoxy) is 1. The summed E-state index contributed by atoms with van der Waals surface area (Å²) in [6.07, 6.45) is 1.95. The predicted octanol–water partition coefficient (Wildman–Crippen LogP) is 6.10. The van der Waals surface area contributed by atoms with Gasteiger partial charge in [0.15, 0.2) is 0 Å². The number of piperazine rings is 1. The molecule has 1 fully saturated rings. The summed E-state index contributed by atoms with van der Waals surface area (Å²) >= 11 is 6.21. The third kappa shape index (κ3) is 3.83. The van der Waals surface area contributed by atoms with Gasteiger partial charge in [0.05, 0.1) is 7.11 Å². The lowest BCUT2D eigenvalue weighted by Crippen LogP contribution is -2.49. The van der Waals surface area contributed by atoms with E-state index < -0.39 is 0 Å². The second-order valence-corrected chi connectivity index (χ2v) is 8.72. The van der Waals surface area contributed by atoms with Gasteiger partial charge in [-0.2, -0.15) is 0 Å². The van der Waals surface area contributed by atoms with E-state index in [0.717, 1.165) is 47.4 Å². The average Bonchev–Trinajstić information content (AvgIpc) is 3.26. The van der Waals surface area contributed by atoms with Gasteiger partial charge in [-0.15, -0.1) is 0 Å². The minimum Gasteiger partial charge on any atom is -0.495 e. The molecule has 2 N–H and O–H groups in total. The van der Waals surface area contributed by atoms with Gasteiger partial charge in [0.2, 0.25) is 0 Å². The van der Waals surface area contributed by atoms with Gasteiger partial charge in [0.25, 0.3) is 0 Å². The molecule has 1 aliphatic heterocycles. The molecular weight excluding hydrogens is 425 g/mol. The zero-order chi connectivity index (χ0) is 22.2. The van der Waals surface area contributed by atoms with Crippen molar-refractivity contribution in [2.75, 3.05) is 31.6 Å². The molecule has 6 heteroatoms. The normalized spacial score (nSPS) is 16.5. The number of benzene rings is 3. The first-order valence-electron chi connectivity index (χ1n) is 10.8. The number of aromatic amines is 1. The summed E-state index contributed by atoms with van der Waals surface area (Å²) in [6, 6.07) is 17.1. The Morgan fingerprint density at radius 1 is 1.06 bits per heavy atom. The average molecular weight is 450 g/mol. The number of aromatic nitrogens is 1. The van der Waals surface area contributed by atoms with Gasteiger partial charge in [-0.25, -0.2) is 4.39 Å². The second-order valence-electron chi connectivity index (χ2n) is 8.28. The van der Waals surface area contributed by atoms with Crippen LogP contribution in [0.1, 0.15) is 6.92 Å². The third-order valence-corrected chi connectivity index (χ3v) is 6.30. The van der Waals surface area contributed by atoms with Crippen LogP contribution in [0.5, 0.6) is 5.75 Å². The highest BCUT2D eigenvalue weighted by atomic mass is 35.5. The van der Waals surface area contributed by atoms with Crippen molar-refractivity contribution in [1.82, 2.24) is 10.3 Å². The van der Waals surface area contributed by atoms with E-state index in [0.29, 0.717) is 27.9 Å². The molecule has 3 aromatic carbocycles. The molecule has 1 unspecified atom stereocenters. The van der Waals surface area contributed by atoms with Crippen molar-refractivity contribution in [3.63, 3.8) is 0 Å². The van der Waals surface area contributed by atoms with Crippen LogP contribution in [-0.2, 0) is 0 Å². The monoisotopic (exact) mass is 449 g/mol. The van der Waals surface area contributed by atoms with E-state index >= 15 is 0 Å². The Labute approximate surface area is 192 Å². The number of rotatable bonds is 4. The van der Waals surface area contributed by atoms with Crippen LogP contribution in [0.3, 0.4) is 0 Å². The van der Waals surface area contributed by atoms with Crippen molar-refractivity contribution in [2.24, 2.45) is 0 Å². The van der Waals surface area contributed by atoms with Crippen LogP contribution in [0, 0.1) is 5.82 Å². The molecule has 5 rings (SSSR count). The Morgan fingerprint density at radius 3 is 2.62 bits per heavy atom. The van der Waals surface area contributed by atoms with E-state index in [1.54, 1.807) is 19.2 Å². The SMILES string of the molecule is COc1c(-c2cccc(Cl)c2)cc(F)cc1-c1cc(N2CCNC(C)C2)c2cc[nH]c2c1. The van der Waals surface area contributed by atoms with Crippen molar-refractivity contribution >= 4 is 28.2 Å². The Morgan fingerprint density at radius 2 is 1.88 bits per heavy atom. The summed E-state index contributed by atoms with van der Waals surface area (Å²) in [7, 11) is 1.62. The number of H-pyrrole nitrogens is 1. The standard InChI is InChI=1S/C26H25ClFN3O/c1-16-15-31(9-8-29-16)25-12-18(11-24-21(25)6-7-30-24)23-14-20(28)13-22(26(23)32-2)17-4-3-5-19(27)10-17/h3-7,10-14,16,29-30H,8-9,15H2,1-2H3. The van der Waals surface area contributed by atoms with E-state index in [9.17, 15) is 4.39 Å². The first-order chi connectivity index (χ1) is 15.5.